The Kier molecular flexibility index (Phi) is 6.57. The largest absolute Gasteiger partial charge is 0.486 e. The van der Waals surface area contributed by atoms with Gasteiger partial charge in [0.05, 0.1) is 12.5 Å². The molecule has 2 aromatic rings. The van der Waals surface area contributed by atoms with Gasteiger partial charge in [0, 0.05) is 25.2 Å². The average Bonchev–Trinajstić information content (AvgIpc) is 3.20. The van der Waals surface area contributed by atoms with Gasteiger partial charge in [-0.05, 0) is 55.3 Å². The molecule has 9 nitrogen and oxygen atoms in total. The summed E-state index contributed by atoms with van der Waals surface area (Å²) in [6.45, 7) is 6.10. The molecule has 1 saturated heterocycles. The number of carbonyl (C=O) groups is 2. The van der Waals surface area contributed by atoms with E-state index in [-0.39, 0.29) is 24.4 Å². The minimum atomic E-state index is -0.167. The monoisotopic (exact) mass is 387 g/mol. The standard InChI is InChI=1S/C19H25N5O4/c1-3-24-17(20-21-22-24)13-28-16-7-5-6-15(12-16)18(25)23-10-8-14(9-11-23)19(26)27-4-2/h5-7,12,14H,3-4,8-11,13H2,1-2H3. The molecule has 3 rings (SSSR count). The molecule has 1 amide bonds. The Balaban J connectivity index is 1.57. The highest BCUT2D eigenvalue weighted by atomic mass is 16.5. The van der Waals surface area contributed by atoms with Crippen molar-refractivity contribution in [1.82, 2.24) is 25.1 Å². The molecular formula is C19H25N5O4. The van der Waals surface area contributed by atoms with Crippen LogP contribution in [0.1, 0.15) is 42.9 Å². The molecular weight excluding hydrogens is 362 g/mol. The molecule has 28 heavy (non-hydrogen) atoms. The summed E-state index contributed by atoms with van der Waals surface area (Å²) in [6, 6.07) is 7.07. The lowest BCUT2D eigenvalue weighted by Gasteiger charge is -2.31. The second kappa shape index (κ2) is 9.29. The summed E-state index contributed by atoms with van der Waals surface area (Å²) in [4.78, 5) is 26.4. The van der Waals surface area contributed by atoms with Gasteiger partial charge in [-0.15, -0.1) is 5.10 Å². The molecule has 1 aromatic heterocycles. The summed E-state index contributed by atoms with van der Waals surface area (Å²) in [5, 5.41) is 11.4. The molecule has 9 heteroatoms. The number of benzene rings is 1. The fourth-order valence-corrected chi connectivity index (χ4v) is 3.20. The van der Waals surface area contributed by atoms with Gasteiger partial charge in [-0.3, -0.25) is 9.59 Å². The molecule has 0 unspecified atom stereocenters. The summed E-state index contributed by atoms with van der Waals surface area (Å²) >= 11 is 0. The van der Waals surface area contributed by atoms with E-state index in [1.807, 2.05) is 6.92 Å². The van der Waals surface area contributed by atoms with Crippen molar-refractivity contribution in [3.05, 3.63) is 35.7 Å². The molecule has 0 saturated carbocycles. The van der Waals surface area contributed by atoms with Gasteiger partial charge in [-0.1, -0.05) is 6.07 Å². The van der Waals surface area contributed by atoms with Crippen LogP contribution in [0.3, 0.4) is 0 Å². The van der Waals surface area contributed by atoms with Crippen LogP contribution >= 0.6 is 0 Å². The normalized spacial score (nSPS) is 14.7. The summed E-state index contributed by atoms with van der Waals surface area (Å²) in [7, 11) is 0. The molecule has 0 radical (unpaired) electrons. The molecule has 150 valence electrons. The number of esters is 1. The van der Waals surface area contributed by atoms with E-state index in [0.717, 1.165) is 0 Å². The molecule has 1 aliphatic heterocycles. The topological polar surface area (TPSA) is 99.4 Å². The summed E-state index contributed by atoms with van der Waals surface area (Å²) in [6.07, 6.45) is 1.25. The molecule has 0 N–H and O–H groups in total. The van der Waals surface area contributed by atoms with Crippen LogP contribution in [0.2, 0.25) is 0 Å². The number of amides is 1. The zero-order chi connectivity index (χ0) is 19.9. The van der Waals surface area contributed by atoms with E-state index in [1.165, 1.54) is 0 Å². The maximum absolute atomic E-state index is 12.8. The maximum atomic E-state index is 12.8. The number of rotatable bonds is 7. The van der Waals surface area contributed by atoms with E-state index in [4.69, 9.17) is 9.47 Å². The van der Waals surface area contributed by atoms with Gasteiger partial charge in [0.25, 0.3) is 5.91 Å². The van der Waals surface area contributed by atoms with Crippen molar-refractivity contribution in [2.75, 3.05) is 19.7 Å². The number of hydrogen-bond donors (Lipinski definition) is 0. The van der Waals surface area contributed by atoms with Gasteiger partial charge in [-0.25, -0.2) is 4.68 Å². The molecule has 0 bridgehead atoms. The number of aryl methyl sites for hydroxylation is 1. The highest BCUT2D eigenvalue weighted by molar-refractivity contribution is 5.94. The van der Waals surface area contributed by atoms with Gasteiger partial charge < -0.3 is 14.4 Å². The highest BCUT2D eigenvalue weighted by Crippen LogP contribution is 2.22. The fourth-order valence-electron chi connectivity index (χ4n) is 3.20. The zero-order valence-corrected chi connectivity index (χ0v) is 16.2. The Morgan fingerprint density at radius 2 is 2.00 bits per heavy atom. The van der Waals surface area contributed by atoms with Crippen LogP contribution in [0.15, 0.2) is 24.3 Å². The van der Waals surface area contributed by atoms with E-state index < -0.39 is 0 Å². The van der Waals surface area contributed by atoms with Crippen LogP contribution in [0.5, 0.6) is 5.75 Å². The van der Waals surface area contributed by atoms with Gasteiger partial charge in [0.15, 0.2) is 5.82 Å². The van der Waals surface area contributed by atoms with Crippen molar-refractivity contribution < 1.29 is 19.1 Å². The predicted molar refractivity (Wildman–Crippen MR) is 99.5 cm³/mol. The molecule has 1 fully saturated rings. The van der Waals surface area contributed by atoms with E-state index >= 15 is 0 Å². The molecule has 0 aliphatic carbocycles. The van der Waals surface area contributed by atoms with Crippen molar-refractivity contribution in [3.63, 3.8) is 0 Å². The Hall–Kier alpha value is -2.97. The van der Waals surface area contributed by atoms with Gasteiger partial charge in [0.1, 0.15) is 12.4 Å². The van der Waals surface area contributed by atoms with Crippen molar-refractivity contribution >= 4 is 11.9 Å². The third-order valence-electron chi connectivity index (χ3n) is 4.76. The average molecular weight is 387 g/mol. The van der Waals surface area contributed by atoms with Crippen molar-refractivity contribution in [2.45, 2.75) is 39.8 Å². The SMILES string of the molecule is CCOC(=O)C1CCN(C(=O)c2cccc(OCc3nnnn3CC)c2)CC1. The summed E-state index contributed by atoms with van der Waals surface area (Å²) in [5.74, 6) is 0.854. The fraction of sp³-hybridized carbons (Fsp3) is 0.526. The summed E-state index contributed by atoms with van der Waals surface area (Å²) < 4.78 is 12.5. The van der Waals surface area contributed by atoms with E-state index in [2.05, 4.69) is 15.5 Å². The van der Waals surface area contributed by atoms with E-state index in [1.54, 1.807) is 40.8 Å². The minimum Gasteiger partial charge on any atom is -0.486 e. The minimum absolute atomic E-state index is 0.0637. The molecule has 0 spiro atoms. The number of tetrazole rings is 1. The van der Waals surface area contributed by atoms with Crippen LogP contribution in [0.4, 0.5) is 0 Å². The molecule has 2 heterocycles. The number of likely N-dealkylation sites (tertiary alicyclic amines) is 1. The van der Waals surface area contributed by atoms with Crippen LogP contribution < -0.4 is 4.74 Å². The van der Waals surface area contributed by atoms with Crippen molar-refractivity contribution in [1.29, 1.82) is 0 Å². The molecule has 0 atom stereocenters. The van der Waals surface area contributed by atoms with Crippen molar-refractivity contribution in [3.8, 4) is 5.75 Å². The molecule has 1 aliphatic rings. The smallest absolute Gasteiger partial charge is 0.309 e. The first kappa shape index (κ1) is 19.8. The maximum Gasteiger partial charge on any atom is 0.309 e. The Morgan fingerprint density at radius 3 is 2.71 bits per heavy atom. The first-order valence-electron chi connectivity index (χ1n) is 9.56. The third-order valence-corrected chi connectivity index (χ3v) is 4.76. The Morgan fingerprint density at radius 1 is 1.21 bits per heavy atom. The van der Waals surface area contributed by atoms with Crippen LogP contribution in [0, 0.1) is 5.92 Å². The van der Waals surface area contributed by atoms with Crippen LogP contribution in [-0.2, 0) is 22.7 Å². The summed E-state index contributed by atoms with van der Waals surface area (Å²) in [5.41, 5.74) is 0.558. The third kappa shape index (κ3) is 4.65. The Labute approximate surface area is 163 Å². The zero-order valence-electron chi connectivity index (χ0n) is 16.2. The first-order valence-corrected chi connectivity index (χ1v) is 9.56. The van der Waals surface area contributed by atoms with Gasteiger partial charge in [-0.2, -0.15) is 0 Å². The second-order valence-electron chi connectivity index (χ2n) is 6.55. The first-order chi connectivity index (χ1) is 13.6. The van der Waals surface area contributed by atoms with E-state index in [0.29, 0.717) is 56.2 Å². The number of piperidine rings is 1. The van der Waals surface area contributed by atoms with Gasteiger partial charge >= 0.3 is 5.97 Å². The number of aromatic nitrogens is 4. The van der Waals surface area contributed by atoms with Crippen LogP contribution in [0.25, 0.3) is 0 Å². The predicted octanol–water partition coefficient (Wildman–Crippen LogP) is 1.69. The lowest BCUT2D eigenvalue weighted by Crippen LogP contribution is -2.40. The number of nitrogens with zero attached hydrogens (tertiary/aromatic N) is 5. The van der Waals surface area contributed by atoms with E-state index in [9.17, 15) is 9.59 Å². The van der Waals surface area contributed by atoms with Crippen LogP contribution in [-0.4, -0.2) is 56.7 Å². The number of ether oxygens (including phenoxy) is 2. The molecule has 1 aromatic carbocycles. The second-order valence-corrected chi connectivity index (χ2v) is 6.55. The number of hydrogen-bond acceptors (Lipinski definition) is 7. The number of carbonyl (C=O) groups excluding carboxylic acids is 2. The van der Waals surface area contributed by atoms with Crippen molar-refractivity contribution in [2.24, 2.45) is 5.92 Å². The highest BCUT2D eigenvalue weighted by Gasteiger charge is 2.28. The lowest BCUT2D eigenvalue weighted by molar-refractivity contribution is -0.149. The van der Waals surface area contributed by atoms with Gasteiger partial charge in [0.2, 0.25) is 0 Å². The Bertz CT molecular complexity index is 814. The quantitative estimate of drug-likeness (QED) is 0.667. The lowest BCUT2D eigenvalue weighted by atomic mass is 9.96.